The summed E-state index contributed by atoms with van der Waals surface area (Å²) < 4.78 is 5.03. The van der Waals surface area contributed by atoms with Gasteiger partial charge in [0, 0.05) is 0 Å². The van der Waals surface area contributed by atoms with E-state index in [0.29, 0.717) is 21.7 Å². The van der Waals surface area contributed by atoms with Gasteiger partial charge in [0.1, 0.15) is 0 Å². The summed E-state index contributed by atoms with van der Waals surface area (Å²) in [4.78, 5) is 26.5. The minimum absolute atomic E-state index is 0.205. The number of para-hydroxylation sites is 1. The Kier molecular flexibility index (Phi) is 2.72. The van der Waals surface area contributed by atoms with Crippen LogP contribution < -0.4 is 11.1 Å². The highest BCUT2D eigenvalue weighted by molar-refractivity contribution is 7.12. The fraction of sp³-hybridized carbons (Fsp3) is 0.0769. The molecule has 5 nitrogen and oxygen atoms in total. The molecule has 0 aliphatic heterocycles. The van der Waals surface area contributed by atoms with Crippen LogP contribution in [0.1, 0.15) is 15.2 Å². The molecule has 6 heteroatoms. The van der Waals surface area contributed by atoms with E-state index in [1.807, 2.05) is 18.4 Å². The molecule has 2 N–H and O–H groups in total. The quantitative estimate of drug-likeness (QED) is 0.754. The lowest BCUT2D eigenvalue weighted by molar-refractivity contribution is 0.103. The molecule has 0 fully saturated rings. The Labute approximate surface area is 111 Å². The molecular weight excluding hydrogens is 264 g/mol. The summed E-state index contributed by atoms with van der Waals surface area (Å²) in [5, 5.41) is 4.62. The molecular formula is C13H10N2O3S. The third kappa shape index (κ3) is 2.06. The Morgan fingerprint density at radius 1 is 1.37 bits per heavy atom. The van der Waals surface area contributed by atoms with Crippen molar-refractivity contribution in [2.75, 3.05) is 5.32 Å². The van der Waals surface area contributed by atoms with Crippen LogP contribution in [0.2, 0.25) is 0 Å². The number of carbonyl (C=O) groups excluding carboxylic acids is 1. The molecule has 0 atom stereocenters. The highest BCUT2D eigenvalue weighted by Crippen LogP contribution is 2.23. The second kappa shape index (κ2) is 4.40. The number of aromatic nitrogens is 1. The van der Waals surface area contributed by atoms with Gasteiger partial charge in [-0.15, -0.1) is 11.3 Å². The minimum atomic E-state index is -0.538. The predicted octanol–water partition coefficient (Wildman–Crippen LogP) is 2.74. The number of aromatic amines is 1. The summed E-state index contributed by atoms with van der Waals surface area (Å²) in [6, 6.07) is 7.04. The number of nitrogens with one attached hydrogen (secondary N) is 2. The number of benzene rings is 1. The van der Waals surface area contributed by atoms with Gasteiger partial charge in [0.15, 0.2) is 5.58 Å². The molecule has 1 aromatic carbocycles. The van der Waals surface area contributed by atoms with Crippen molar-refractivity contribution in [3.8, 4) is 0 Å². The normalized spacial score (nSPS) is 10.8. The van der Waals surface area contributed by atoms with Crippen LogP contribution in [0, 0.1) is 6.92 Å². The first-order valence-electron chi connectivity index (χ1n) is 5.62. The molecule has 96 valence electrons. The van der Waals surface area contributed by atoms with Crippen LogP contribution in [0.5, 0.6) is 0 Å². The zero-order valence-corrected chi connectivity index (χ0v) is 10.8. The van der Waals surface area contributed by atoms with Gasteiger partial charge in [-0.05, 0) is 36.1 Å². The molecule has 2 aromatic heterocycles. The van der Waals surface area contributed by atoms with E-state index < -0.39 is 5.76 Å². The van der Waals surface area contributed by atoms with Gasteiger partial charge >= 0.3 is 5.76 Å². The molecule has 0 bridgehead atoms. The number of hydrogen-bond acceptors (Lipinski definition) is 4. The summed E-state index contributed by atoms with van der Waals surface area (Å²) in [6.07, 6.45) is 0. The van der Waals surface area contributed by atoms with Gasteiger partial charge in [-0.2, -0.15) is 0 Å². The van der Waals surface area contributed by atoms with E-state index in [0.717, 1.165) is 5.56 Å². The average molecular weight is 274 g/mol. The van der Waals surface area contributed by atoms with Crippen LogP contribution in [0.4, 0.5) is 5.69 Å². The summed E-state index contributed by atoms with van der Waals surface area (Å²) >= 11 is 1.38. The SMILES string of the molecule is Cc1ccsc1C(=O)Nc1cccc2[nH]c(=O)oc12. The van der Waals surface area contributed by atoms with Crippen molar-refractivity contribution in [1.29, 1.82) is 0 Å². The van der Waals surface area contributed by atoms with Crippen molar-refractivity contribution in [1.82, 2.24) is 4.98 Å². The third-order valence-electron chi connectivity index (χ3n) is 2.76. The van der Waals surface area contributed by atoms with Gasteiger partial charge in [0.2, 0.25) is 0 Å². The number of carbonyl (C=O) groups is 1. The maximum atomic E-state index is 12.1. The van der Waals surface area contributed by atoms with Gasteiger partial charge < -0.3 is 9.73 Å². The molecule has 0 saturated carbocycles. The van der Waals surface area contributed by atoms with E-state index in [2.05, 4.69) is 10.3 Å². The van der Waals surface area contributed by atoms with E-state index in [9.17, 15) is 9.59 Å². The smallest absolute Gasteiger partial charge is 0.406 e. The Morgan fingerprint density at radius 3 is 2.95 bits per heavy atom. The number of hydrogen-bond donors (Lipinski definition) is 2. The number of amides is 1. The van der Waals surface area contributed by atoms with E-state index in [4.69, 9.17) is 4.42 Å². The van der Waals surface area contributed by atoms with E-state index in [1.165, 1.54) is 11.3 Å². The summed E-state index contributed by atoms with van der Waals surface area (Å²) in [5.74, 6) is -0.743. The molecule has 0 radical (unpaired) electrons. The predicted molar refractivity (Wildman–Crippen MR) is 73.8 cm³/mol. The van der Waals surface area contributed by atoms with Crippen molar-refractivity contribution in [2.24, 2.45) is 0 Å². The average Bonchev–Trinajstić information content (AvgIpc) is 2.94. The van der Waals surface area contributed by atoms with Gasteiger partial charge in [0.25, 0.3) is 5.91 Å². The molecule has 0 saturated heterocycles. The zero-order chi connectivity index (χ0) is 13.4. The van der Waals surface area contributed by atoms with Gasteiger partial charge in [0.05, 0.1) is 16.1 Å². The van der Waals surface area contributed by atoms with E-state index >= 15 is 0 Å². The molecule has 1 amide bonds. The van der Waals surface area contributed by atoms with Crippen LogP contribution in [-0.2, 0) is 0 Å². The minimum Gasteiger partial charge on any atom is -0.406 e. The summed E-state index contributed by atoms with van der Waals surface area (Å²) in [6.45, 7) is 1.88. The Bertz CT molecular complexity index is 813. The van der Waals surface area contributed by atoms with Gasteiger partial charge in [-0.1, -0.05) is 6.07 Å². The van der Waals surface area contributed by atoms with Crippen LogP contribution in [-0.4, -0.2) is 10.9 Å². The molecule has 3 aromatic rings. The lowest BCUT2D eigenvalue weighted by Crippen LogP contribution is -2.11. The number of oxazole rings is 1. The Morgan fingerprint density at radius 2 is 2.21 bits per heavy atom. The lowest BCUT2D eigenvalue weighted by Gasteiger charge is -2.04. The monoisotopic (exact) mass is 274 g/mol. The largest absolute Gasteiger partial charge is 0.417 e. The Hall–Kier alpha value is -2.34. The van der Waals surface area contributed by atoms with Gasteiger partial charge in [-0.3, -0.25) is 9.78 Å². The lowest BCUT2D eigenvalue weighted by atomic mass is 10.2. The molecule has 0 unspecified atom stereocenters. The van der Waals surface area contributed by atoms with Crippen molar-refractivity contribution >= 4 is 34.0 Å². The second-order valence-electron chi connectivity index (χ2n) is 4.08. The van der Waals surface area contributed by atoms with Crippen LogP contribution in [0.25, 0.3) is 11.1 Å². The van der Waals surface area contributed by atoms with Crippen molar-refractivity contribution in [2.45, 2.75) is 6.92 Å². The second-order valence-corrected chi connectivity index (χ2v) is 5.00. The zero-order valence-electron chi connectivity index (χ0n) is 10.0. The molecule has 0 aliphatic carbocycles. The first-order valence-corrected chi connectivity index (χ1v) is 6.50. The van der Waals surface area contributed by atoms with Gasteiger partial charge in [-0.25, -0.2) is 4.79 Å². The van der Waals surface area contributed by atoms with Crippen molar-refractivity contribution in [3.63, 3.8) is 0 Å². The summed E-state index contributed by atoms with van der Waals surface area (Å²) in [5.41, 5.74) is 2.32. The number of H-pyrrole nitrogens is 1. The Balaban J connectivity index is 2.00. The fourth-order valence-electron chi connectivity index (χ4n) is 1.86. The van der Waals surface area contributed by atoms with Crippen LogP contribution >= 0.6 is 11.3 Å². The van der Waals surface area contributed by atoms with E-state index in [-0.39, 0.29) is 5.91 Å². The number of rotatable bonds is 2. The van der Waals surface area contributed by atoms with E-state index in [1.54, 1.807) is 18.2 Å². The highest BCUT2D eigenvalue weighted by atomic mass is 32.1. The molecule has 0 aliphatic rings. The molecule has 0 spiro atoms. The standard InChI is InChI=1S/C13H10N2O3S/c1-7-5-6-19-11(7)12(16)14-8-3-2-4-9-10(8)18-13(17)15-9/h2-6H,1H3,(H,14,16)(H,15,17). The molecule has 3 rings (SSSR count). The fourth-order valence-corrected chi connectivity index (χ4v) is 2.68. The van der Waals surface area contributed by atoms with Crippen molar-refractivity contribution in [3.05, 3.63) is 50.6 Å². The highest BCUT2D eigenvalue weighted by Gasteiger charge is 2.13. The summed E-state index contributed by atoms with van der Waals surface area (Å²) in [7, 11) is 0. The molecule has 2 heterocycles. The first kappa shape index (κ1) is 11.7. The topological polar surface area (TPSA) is 75.1 Å². The first-order chi connectivity index (χ1) is 9.15. The third-order valence-corrected chi connectivity index (χ3v) is 3.78. The number of aryl methyl sites for hydroxylation is 1. The van der Waals surface area contributed by atoms with Crippen molar-refractivity contribution < 1.29 is 9.21 Å². The maximum Gasteiger partial charge on any atom is 0.417 e. The molecule has 19 heavy (non-hydrogen) atoms. The number of fused-ring (bicyclic) bond motifs is 1. The van der Waals surface area contributed by atoms with Crippen LogP contribution in [0.3, 0.4) is 0 Å². The van der Waals surface area contributed by atoms with Crippen LogP contribution in [0.15, 0.2) is 38.9 Å². The maximum absolute atomic E-state index is 12.1. The number of thiophene rings is 1. The number of anilines is 1.